The third-order valence-corrected chi connectivity index (χ3v) is 1.16. The molecule has 0 radical (unpaired) electrons. The molecule has 0 aromatic heterocycles. The molecule has 1 aliphatic heterocycles. The van der Waals surface area contributed by atoms with Gasteiger partial charge in [-0.1, -0.05) is 0 Å². The summed E-state index contributed by atoms with van der Waals surface area (Å²) in [6, 6.07) is 0. The van der Waals surface area contributed by atoms with Gasteiger partial charge in [0.1, 0.15) is 5.94 Å². The third-order valence-electron chi connectivity index (χ3n) is 0.520. The minimum absolute atomic E-state index is 0.117. The van der Waals surface area contributed by atoms with Gasteiger partial charge in [-0.05, 0) is 11.8 Å². The SMILES string of the molecule is O=C1OCOCS1. The van der Waals surface area contributed by atoms with Crippen LogP contribution in [0.5, 0.6) is 0 Å². The summed E-state index contributed by atoms with van der Waals surface area (Å²) >= 11 is 1.03. The molecule has 40 valence electrons. The smallest absolute Gasteiger partial charge is 0.371 e. The van der Waals surface area contributed by atoms with Gasteiger partial charge in [0.15, 0.2) is 6.79 Å². The van der Waals surface area contributed by atoms with Crippen molar-refractivity contribution in [2.75, 3.05) is 12.7 Å². The number of rotatable bonds is 0. The average molecular weight is 120 g/mol. The van der Waals surface area contributed by atoms with E-state index in [9.17, 15) is 4.79 Å². The molecule has 3 nitrogen and oxygen atoms in total. The molecule has 1 heterocycles. The van der Waals surface area contributed by atoms with Gasteiger partial charge in [0.05, 0.1) is 0 Å². The van der Waals surface area contributed by atoms with Crippen molar-refractivity contribution in [3.05, 3.63) is 0 Å². The van der Waals surface area contributed by atoms with E-state index >= 15 is 0 Å². The molecule has 1 fully saturated rings. The fourth-order valence-electron chi connectivity index (χ4n) is 0.255. The molecule has 0 amide bonds. The van der Waals surface area contributed by atoms with Crippen molar-refractivity contribution in [2.45, 2.75) is 0 Å². The Kier molecular flexibility index (Phi) is 1.54. The number of cyclic esters (lactones) is 1. The van der Waals surface area contributed by atoms with Gasteiger partial charge in [-0.15, -0.1) is 0 Å². The third kappa shape index (κ3) is 1.36. The fourth-order valence-corrected chi connectivity index (χ4v) is 0.634. The highest BCUT2D eigenvalue weighted by Gasteiger charge is 2.07. The van der Waals surface area contributed by atoms with E-state index in [1.165, 1.54) is 0 Å². The Morgan fingerprint density at radius 1 is 1.71 bits per heavy atom. The van der Waals surface area contributed by atoms with Gasteiger partial charge in [0, 0.05) is 0 Å². The average Bonchev–Trinajstić information content (AvgIpc) is 1.69. The molecule has 0 aromatic carbocycles. The second-order valence-corrected chi connectivity index (χ2v) is 1.84. The number of carbonyl (C=O) groups excluding carboxylic acids is 1. The van der Waals surface area contributed by atoms with Crippen LogP contribution in [0.4, 0.5) is 4.79 Å². The number of hydrogen-bond acceptors (Lipinski definition) is 4. The van der Waals surface area contributed by atoms with Crippen molar-refractivity contribution in [1.29, 1.82) is 0 Å². The molecule has 1 rings (SSSR count). The van der Waals surface area contributed by atoms with Gasteiger partial charge in [0.2, 0.25) is 0 Å². The summed E-state index contributed by atoms with van der Waals surface area (Å²) in [5.41, 5.74) is 0. The molecular formula is C3H4O3S. The largest absolute Gasteiger partial charge is 0.430 e. The molecule has 0 spiro atoms. The first-order valence-corrected chi connectivity index (χ1v) is 2.75. The Balaban J connectivity index is 2.25. The van der Waals surface area contributed by atoms with E-state index < -0.39 is 0 Å². The number of carbonyl (C=O) groups is 1. The summed E-state index contributed by atoms with van der Waals surface area (Å²) in [4.78, 5) is 10.1. The molecule has 0 atom stereocenters. The fraction of sp³-hybridized carbons (Fsp3) is 0.667. The van der Waals surface area contributed by atoms with E-state index in [-0.39, 0.29) is 12.1 Å². The zero-order valence-corrected chi connectivity index (χ0v) is 4.36. The highest BCUT2D eigenvalue weighted by molar-refractivity contribution is 8.13. The second-order valence-electron chi connectivity index (χ2n) is 0.979. The van der Waals surface area contributed by atoms with Crippen LogP contribution in [0, 0.1) is 0 Å². The van der Waals surface area contributed by atoms with E-state index in [2.05, 4.69) is 9.47 Å². The van der Waals surface area contributed by atoms with Crippen molar-refractivity contribution in [3.8, 4) is 0 Å². The Morgan fingerprint density at radius 3 is 2.86 bits per heavy atom. The Labute approximate surface area is 45.0 Å². The van der Waals surface area contributed by atoms with E-state index in [4.69, 9.17) is 0 Å². The monoisotopic (exact) mass is 120 g/mol. The lowest BCUT2D eigenvalue weighted by Crippen LogP contribution is -2.10. The van der Waals surface area contributed by atoms with Crippen LogP contribution in [0.2, 0.25) is 0 Å². The van der Waals surface area contributed by atoms with Crippen LogP contribution in [0.15, 0.2) is 0 Å². The van der Waals surface area contributed by atoms with Crippen LogP contribution < -0.4 is 0 Å². The second kappa shape index (κ2) is 2.18. The summed E-state index contributed by atoms with van der Waals surface area (Å²) in [5, 5.41) is -0.244. The Bertz CT molecular complexity index is 74.2. The Morgan fingerprint density at radius 2 is 2.57 bits per heavy atom. The standard InChI is InChI=1S/C3H4O3S/c4-3-6-1-5-2-7-3/h1-2H2. The van der Waals surface area contributed by atoms with Gasteiger partial charge in [0.25, 0.3) is 0 Å². The summed E-state index contributed by atoms with van der Waals surface area (Å²) < 4.78 is 9.04. The van der Waals surface area contributed by atoms with Crippen molar-refractivity contribution in [2.24, 2.45) is 0 Å². The lowest BCUT2D eigenvalue weighted by Gasteiger charge is -2.08. The van der Waals surface area contributed by atoms with Gasteiger partial charge in [-0.2, -0.15) is 0 Å². The summed E-state index contributed by atoms with van der Waals surface area (Å²) in [7, 11) is 0. The molecule has 0 N–H and O–H groups in total. The van der Waals surface area contributed by atoms with Crippen molar-refractivity contribution < 1.29 is 14.3 Å². The zero-order chi connectivity index (χ0) is 5.11. The number of hydrogen-bond donors (Lipinski definition) is 0. The minimum Gasteiger partial charge on any atom is -0.430 e. The molecule has 0 bridgehead atoms. The van der Waals surface area contributed by atoms with Gasteiger partial charge in [-0.3, -0.25) is 0 Å². The predicted octanol–water partition coefficient (Wildman–Crippen LogP) is 0.801. The minimum atomic E-state index is -0.244. The van der Waals surface area contributed by atoms with Gasteiger partial charge < -0.3 is 9.47 Å². The summed E-state index contributed by atoms with van der Waals surface area (Å²) in [6.07, 6.45) is 0. The molecule has 1 aliphatic rings. The van der Waals surface area contributed by atoms with Crippen LogP contribution in [-0.2, 0) is 9.47 Å². The van der Waals surface area contributed by atoms with Crippen LogP contribution in [0.25, 0.3) is 0 Å². The Hall–Kier alpha value is -0.220. The molecule has 7 heavy (non-hydrogen) atoms. The van der Waals surface area contributed by atoms with Crippen molar-refractivity contribution in [3.63, 3.8) is 0 Å². The molecule has 4 heteroatoms. The molecule has 0 saturated carbocycles. The maximum absolute atomic E-state index is 10.1. The van der Waals surface area contributed by atoms with E-state index in [0.29, 0.717) is 5.94 Å². The number of ether oxygens (including phenoxy) is 2. The molecule has 0 aromatic rings. The summed E-state index contributed by atoms with van der Waals surface area (Å²) in [6.45, 7) is 0.117. The van der Waals surface area contributed by atoms with Crippen molar-refractivity contribution >= 4 is 17.1 Å². The first kappa shape index (κ1) is 4.93. The van der Waals surface area contributed by atoms with Crippen LogP contribution in [-0.4, -0.2) is 18.0 Å². The quantitative estimate of drug-likeness (QED) is 0.443. The topological polar surface area (TPSA) is 35.5 Å². The normalized spacial score (nSPS) is 21.4. The first-order chi connectivity index (χ1) is 3.39. The van der Waals surface area contributed by atoms with Gasteiger partial charge >= 0.3 is 5.30 Å². The summed E-state index contributed by atoms with van der Waals surface area (Å²) in [5.74, 6) is 0.429. The maximum atomic E-state index is 10.1. The predicted molar refractivity (Wildman–Crippen MR) is 24.9 cm³/mol. The molecule has 0 unspecified atom stereocenters. The van der Waals surface area contributed by atoms with Crippen molar-refractivity contribution in [1.82, 2.24) is 0 Å². The van der Waals surface area contributed by atoms with Crippen LogP contribution in [0.3, 0.4) is 0 Å². The lowest BCUT2D eigenvalue weighted by molar-refractivity contribution is 0.00780. The highest BCUT2D eigenvalue weighted by Crippen LogP contribution is 2.09. The maximum Gasteiger partial charge on any atom is 0.371 e. The zero-order valence-electron chi connectivity index (χ0n) is 3.55. The lowest BCUT2D eigenvalue weighted by atomic mass is 11.3. The van der Waals surface area contributed by atoms with Crippen LogP contribution >= 0.6 is 11.8 Å². The highest BCUT2D eigenvalue weighted by atomic mass is 32.2. The molecule has 0 aliphatic carbocycles. The van der Waals surface area contributed by atoms with E-state index in [0.717, 1.165) is 11.8 Å². The first-order valence-electron chi connectivity index (χ1n) is 1.77. The van der Waals surface area contributed by atoms with Crippen LogP contribution in [0.1, 0.15) is 0 Å². The molecular weight excluding hydrogens is 116 g/mol. The molecule has 1 saturated heterocycles. The van der Waals surface area contributed by atoms with Gasteiger partial charge in [-0.25, -0.2) is 4.79 Å². The van der Waals surface area contributed by atoms with E-state index in [1.807, 2.05) is 0 Å². The number of thioether (sulfide) groups is 1. The van der Waals surface area contributed by atoms with E-state index in [1.54, 1.807) is 0 Å².